The van der Waals surface area contributed by atoms with E-state index in [1.165, 1.54) is 12.1 Å². The highest BCUT2D eigenvalue weighted by atomic mass is 35.5. The number of Topliss-reactive ketones (excluding diaryl/α,β-unsaturated/α-hetero) is 1. The van der Waals surface area contributed by atoms with Gasteiger partial charge >= 0.3 is 0 Å². The Morgan fingerprint density at radius 2 is 1.44 bits per heavy atom. The smallest absolute Gasteiger partial charge is 0.174 e. The zero-order chi connectivity index (χ0) is 25.4. The van der Waals surface area contributed by atoms with Crippen LogP contribution in [0.15, 0.2) is 72.8 Å². The second-order valence-corrected chi connectivity index (χ2v) is 9.19. The quantitative estimate of drug-likeness (QED) is 0.264. The standard InChI is InChI=1S/C29H23ClO6/c30-19-10-11-23(32)18(12-19)14-21-27(34)20(13-17-8-4-5-9-22(17)31)28(35)26-24(33)15-25(36-29(21)26)16-6-2-1-3-7-16/h1-12,25,31-32,34-35H,13-15H2/t25-/m0/s1. The van der Waals surface area contributed by atoms with Crippen LogP contribution in [0, 0.1) is 0 Å². The van der Waals surface area contributed by atoms with Crippen LogP contribution in [-0.4, -0.2) is 26.2 Å². The zero-order valence-electron chi connectivity index (χ0n) is 19.1. The summed E-state index contributed by atoms with van der Waals surface area (Å²) in [5, 5.41) is 43.7. The van der Waals surface area contributed by atoms with Crippen LogP contribution in [0.3, 0.4) is 0 Å². The number of ketones is 1. The van der Waals surface area contributed by atoms with E-state index in [1.807, 2.05) is 30.3 Å². The summed E-state index contributed by atoms with van der Waals surface area (Å²) >= 11 is 6.15. The molecule has 0 aromatic heterocycles. The van der Waals surface area contributed by atoms with Gasteiger partial charge in [-0.15, -0.1) is 0 Å². The Hall–Kier alpha value is -4.16. The monoisotopic (exact) mass is 502 g/mol. The number of carbonyl (C=O) groups is 1. The summed E-state index contributed by atoms with van der Waals surface area (Å²) < 4.78 is 6.25. The molecule has 182 valence electrons. The number of para-hydroxylation sites is 1. The molecule has 0 fully saturated rings. The molecule has 0 spiro atoms. The third kappa shape index (κ3) is 4.32. The van der Waals surface area contributed by atoms with Crippen molar-refractivity contribution >= 4 is 17.4 Å². The maximum atomic E-state index is 13.4. The van der Waals surface area contributed by atoms with E-state index in [2.05, 4.69) is 0 Å². The van der Waals surface area contributed by atoms with Crippen LogP contribution in [0.25, 0.3) is 0 Å². The molecule has 0 amide bonds. The van der Waals surface area contributed by atoms with Crippen molar-refractivity contribution in [1.29, 1.82) is 0 Å². The van der Waals surface area contributed by atoms with E-state index in [4.69, 9.17) is 16.3 Å². The van der Waals surface area contributed by atoms with Gasteiger partial charge in [-0.05, 0) is 41.0 Å². The molecule has 1 aliphatic heterocycles. The molecular weight excluding hydrogens is 480 g/mol. The molecular formula is C29H23ClO6. The van der Waals surface area contributed by atoms with E-state index in [1.54, 1.807) is 30.3 Å². The molecule has 0 aliphatic carbocycles. The van der Waals surface area contributed by atoms with Crippen molar-refractivity contribution in [3.8, 4) is 28.7 Å². The number of fused-ring (bicyclic) bond motifs is 1. The molecule has 6 nitrogen and oxygen atoms in total. The van der Waals surface area contributed by atoms with Crippen molar-refractivity contribution in [3.05, 3.63) is 111 Å². The first-order valence-electron chi connectivity index (χ1n) is 11.4. The molecule has 4 aromatic carbocycles. The largest absolute Gasteiger partial charge is 0.508 e. The molecule has 0 saturated heterocycles. The summed E-state index contributed by atoms with van der Waals surface area (Å²) in [7, 11) is 0. The molecule has 4 aromatic rings. The summed E-state index contributed by atoms with van der Waals surface area (Å²) in [6.45, 7) is 0. The van der Waals surface area contributed by atoms with Gasteiger partial charge in [-0.1, -0.05) is 60.1 Å². The number of halogens is 1. The average Bonchev–Trinajstić information content (AvgIpc) is 2.87. The first-order chi connectivity index (χ1) is 17.3. The fourth-order valence-corrected chi connectivity index (χ4v) is 4.77. The number of aromatic hydroxyl groups is 4. The van der Waals surface area contributed by atoms with Crippen molar-refractivity contribution in [2.75, 3.05) is 0 Å². The van der Waals surface area contributed by atoms with Crippen LogP contribution in [0.1, 0.15) is 50.7 Å². The summed E-state index contributed by atoms with van der Waals surface area (Å²) in [6, 6.07) is 20.4. The summed E-state index contributed by atoms with van der Waals surface area (Å²) in [5.41, 5.74) is 1.96. The molecule has 0 saturated carbocycles. The third-order valence-electron chi connectivity index (χ3n) is 6.44. The maximum Gasteiger partial charge on any atom is 0.174 e. The third-order valence-corrected chi connectivity index (χ3v) is 6.68. The van der Waals surface area contributed by atoms with Crippen LogP contribution in [-0.2, 0) is 12.8 Å². The summed E-state index contributed by atoms with van der Waals surface area (Å²) in [6.07, 6.45) is -0.640. The molecule has 4 N–H and O–H groups in total. The van der Waals surface area contributed by atoms with Crippen LogP contribution in [0.4, 0.5) is 0 Å². The topological polar surface area (TPSA) is 107 Å². The number of ether oxygens (including phenoxy) is 1. The van der Waals surface area contributed by atoms with Gasteiger partial charge in [0.05, 0.1) is 6.42 Å². The van der Waals surface area contributed by atoms with E-state index in [0.717, 1.165) is 5.56 Å². The first kappa shape index (κ1) is 23.6. The number of phenols is 4. The molecule has 1 atom stereocenters. The van der Waals surface area contributed by atoms with Gasteiger partial charge in [-0.25, -0.2) is 0 Å². The zero-order valence-corrected chi connectivity index (χ0v) is 19.9. The number of carbonyl (C=O) groups excluding carboxylic acids is 1. The van der Waals surface area contributed by atoms with Gasteiger partial charge in [0, 0.05) is 29.0 Å². The van der Waals surface area contributed by atoms with Crippen molar-refractivity contribution in [2.45, 2.75) is 25.4 Å². The summed E-state index contributed by atoms with van der Waals surface area (Å²) in [5.74, 6) is -0.982. The van der Waals surface area contributed by atoms with Gasteiger partial charge < -0.3 is 25.2 Å². The Balaban J connectivity index is 1.69. The van der Waals surface area contributed by atoms with Gasteiger partial charge in [0.25, 0.3) is 0 Å². The summed E-state index contributed by atoms with van der Waals surface area (Å²) in [4.78, 5) is 13.4. The van der Waals surface area contributed by atoms with Crippen LogP contribution >= 0.6 is 11.6 Å². The Morgan fingerprint density at radius 3 is 2.19 bits per heavy atom. The van der Waals surface area contributed by atoms with Crippen molar-refractivity contribution in [1.82, 2.24) is 0 Å². The number of rotatable bonds is 5. The highest BCUT2D eigenvalue weighted by Gasteiger charge is 2.36. The number of phenolic OH excluding ortho intramolecular Hbond substituents is 4. The normalized spacial score (nSPS) is 14.8. The minimum Gasteiger partial charge on any atom is -0.508 e. The Labute approximate surface area is 212 Å². The SMILES string of the molecule is O=C1C[C@@H](c2ccccc2)Oc2c(Cc3cc(Cl)ccc3O)c(O)c(Cc3ccccc3O)c(O)c21. The van der Waals surface area contributed by atoms with Crippen LogP contribution < -0.4 is 4.74 Å². The lowest BCUT2D eigenvalue weighted by Crippen LogP contribution is -2.22. The number of benzene rings is 4. The lowest BCUT2D eigenvalue weighted by Gasteiger charge is -2.30. The minimum absolute atomic E-state index is 0.00484. The Bertz CT molecular complexity index is 1460. The Morgan fingerprint density at radius 1 is 0.778 bits per heavy atom. The first-order valence-corrected chi connectivity index (χ1v) is 11.8. The molecule has 1 heterocycles. The predicted octanol–water partition coefficient (Wildman–Crippen LogP) is 6.05. The van der Waals surface area contributed by atoms with Crippen LogP contribution in [0.5, 0.6) is 28.7 Å². The van der Waals surface area contributed by atoms with E-state index in [9.17, 15) is 25.2 Å². The second-order valence-electron chi connectivity index (χ2n) is 8.76. The van der Waals surface area contributed by atoms with E-state index in [-0.39, 0.29) is 70.5 Å². The van der Waals surface area contributed by atoms with Crippen molar-refractivity contribution < 1.29 is 30.0 Å². The van der Waals surface area contributed by atoms with E-state index >= 15 is 0 Å². The van der Waals surface area contributed by atoms with E-state index < -0.39 is 6.10 Å². The van der Waals surface area contributed by atoms with Gasteiger partial charge in [0.15, 0.2) is 5.78 Å². The Kier molecular flexibility index (Phi) is 6.20. The molecule has 5 rings (SSSR count). The number of hydrogen-bond donors (Lipinski definition) is 4. The number of hydrogen-bond acceptors (Lipinski definition) is 6. The van der Waals surface area contributed by atoms with Crippen molar-refractivity contribution in [2.24, 2.45) is 0 Å². The molecule has 0 radical (unpaired) electrons. The molecule has 7 heteroatoms. The maximum absolute atomic E-state index is 13.4. The molecule has 36 heavy (non-hydrogen) atoms. The fourth-order valence-electron chi connectivity index (χ4n) is 4.58. The van der Waals surface area contributed by atoms with Gasteiger partial charge in [-0.2, -0.15) is 0 Å². The molecule has 0 bridgehead atoms. The highest BCUT2D eigenvalue weighted by Crippen LogP contribution is 2.50. The van der Waals surface area contributed by atoms with Gasteiger partial charge in [0.1, 0.15) is 40.4 Å². The lowest BCUT2D eigenvalue weighted by molar-refractivity contribution is 0.0842. The predicted molar refractivity (Wildman–Crippen MR) is 135 cm³/mol. The van der Waals surface area contributed by atoms with Gasteiger partial charge in [0.2, 0.25) is 0 Å². The molecule has 1 aliphatic rings. The van der Waals surface area contributed by atoms with E-state index in [0.29, 0.717) is 16.1 Å². The van der Waals surface area contributed by atoms with Crippen LogP contribution in [0.2, 0.25) is 5.02 Å². The fraction of sp³-hybridized carbons (Fsp3) is 0.138. The second kappa shape index (κ2) is 9.47. The van der Waals surface area contributed by atoms with Crippen molar-refractivity contribution in [3.63, 3.8) is 0 Å². The minimum atomic E-state index is -0.610. The molecule has 0 unspecified atom stereocenters. The lowest BCUT2D eigenvalue weighted by atomic mass is 9.87. The highest BCUT2D eigenvalue weighted by molar-refractivity contribution is 6.30. The van der Waals surface area contributed by atoms with Gasteiger partial charge in [-0.3, -0.25) is 4.79 Å². The average molecular weight is 503 g/mol.